The third-order valence-corrected chi connectivity index (χ3v) is 3.02. The van der Waals surface area contributed by atoms with E-state index >= 15 is 0 Å². The Morgan fingerprint density at radius 1 is 1.47 bits per heavy atom. The Hall–Kier alpha value is -0.230. The molecule has 1 rings (SSSR count). The summed E-state index contributed by atoms with van der Waals surface area (Å²) in [6, 6.07) is 4.56. The number of hydrogen-bond acceptors (Lipinski definition) is 1. The Bertz CT molecular complexity index is 368. The summed E-state index contributed by atoms with van der Waals surface area (Å²) in [7, 11) is 0. The molecule has 5 heteroatoms. The Balaban J connectivity index is 3.17. The van der Waals surface area contributed by atoms with Crippen LogP contribution in [0.15, 0.2) is 18.2 Å². The minimum atomic E-state index is -2.63. The van der Waals surface area contributed by atoms with Crippen LogP contribution in [0.4, 0.5) is 8.78 Å². The first-order chi connectivity index (χ1) is 7.07. The smallest absolute Gasteiger partial charge is 0.265 e. The Kier molecular flexibility index (Phi) is 4.92. The van der Waals surface area contributed by atoms with Crippen molar-refractivity contribution in [2.45, 2.75) is 12.8 Å². The molecular weight excluding hydrogens is 336 g/mol. The highest BCUT2D eigenvalue weighted by Crippen LogP contribution is 2.28. The van der Waals surface area contributed by atoms with Gasteiger partial charge in [0.05, 0.1) is 0 Å². The number of benzene rings is 1. The lowest BCUT2D eigenvalue weighted by Gasteiger charge is -2.09. The second-order valence-corrected chi connectivity index (χ2v) is 4.40. The van der Waals surface area contributed by atoms with Gasteiger partial charge in [-0.3, -0.25) is 4.79 Å². The summed E-state index contributed by atoms with van der Waals surface area (Å²) < 4.78 is 25.8. The first-order valence-electron chi connectivity index (χ1n) is 4.23. The van der Waals surface area contributed by atoms with Crippen LogP contribution >= 0.6 is 34.2 Å². The highest BCUT2D eigenvalue weighted by atomic mass is 127. The van der Waals surface area contributed by atoms with Gasteiger partial charge in [0.15, 0.2) is 5.78 Å². The van der Waals surface area contributed by atoms with E-state index in [0.29, 0.717) is 3.57 Å². The van der Waals surface area contributed by atoms with Gasteiger partial charge in [0.25, 0.3) is 6.43 Å². The molecule has 0 aliphatic carbocycles. The van der Waals surface area contributed by atoms with Crippen molar-refractivity contribution in [3.05, 3.63) is 32.9 Å². The molecule has 0 saturated carbocycles. The molecule has 0 amide bonds. The van der Waals surface area contributed by atoms with E-state index in [-0.39, 0.29) is 29.2 Å². The maximum atomic E-state index is 12.7. The van der Waals surface area contributed by atoms with Crippen molar-refractivity contribution >= 4 is 40.0 Å². The third-order valence-electron chi connectivity index (χ3n) is 1.89. The Morgan fingerprint density at radius 2 is 2.13 bits per heavy atom. The minimum Gasteiger partial charge on any atom is -0.294 e. The predicted octanol–water partition coefficient (Wildman–Crippen LogP) is 4.04. The first kappa shape index (κ1) is 12.8. The van der Waals surface area contributed by atoms with Gasteiger partial charge < -0.3 is 0 Å². The minimum absolute atomic E-state index is 0.0811. The van der Waals surface area contributed by atoms with E-state index in [9.17, 15) is 13.6 Å². The van der Waals surface area contributed by atoms with E-state index in [1.165, 1.54) is 6.07 Å². The molecule has 0 spiro atoms. The molecule has 0 unspecified atom stereocenters. The lowest BCUT2D eigenvalue weighted by atomic mass is 10.0. The van der Waals surface area contributed by atoms with Crippen LogP contribution in [0, 0.1) is 3.57 Å². The van der Waals surface area contributed by atoms with E-state index in [2.05, 4.69) is 0 Å². The largest absolute Gasteiger partial charge is 0.294 e. The van der Waals surface area contributed by atoms with Gasteiger partial charge in [0.2, 0.25) is 0 Å². The van der Waals surface area contributed by atoms with Crippen LogP contribution in [0.5, 0.6) is 0 Å². The number of ketones is 1. The molecule has 0 atom stereocenters. The van der Waals surface area contributed by atoms with Crippen molar-refractivity contribution in [2.75, 3.05) is 5.88 Å². The summed E-state index contributed by atoms with van der Waals surface area (Å²) in [6.07, 6.45) is -2.55. The lowest BCUT2D eigenvalue weighted by molar-refractivity contribution is 0.0974. The van der Waals surface area contributed by atoms with Crippen molar-refractivity contribution < 1.29 is 13.6 Å². The van der Waals surface area contributed by atoms with Crippen molar-refractivity contribution in [3.8, 4) is 0 Å². The number of halogens is 4. The summed E-state index contributed by atoms with van der Waals surface area (Å²) in [5, 5.41) is 0. The van der Waals surface area contributed by atoms with Crippen LogP contribution in [0.25, 0.3) is 0 Å². The summed E-state index contributed by atoms with van der Waals surface area (Å²) >= 11 is 7.21. The summed E-state index contributed by atoms with van der Waals surface area (Å²) in [4.78, 5) is 11.5. The van der Waals surface area contributed by atoms with Crippen molar-refractivity contribution in [2.24, 2.45) is 0 Å². The maximum Gasteiger partial charge on any atom is 0.265 e. The van der Waals surface area contributed by atoms with Gasteiger partial charge in [0, 0.05) is 27.0 Å². The number of hydrogen-bond donors (Lipinski definition) is 0. The molecule has 0 radical (unpaired) electrons. The number of Topliss-reactive ketones (excluding diaryl/α,β-unsaturated/α-hetero) is 1. The fourth-order valence-electron chi connectivity index (χ4n) is 1.22. The zero-order chi connectivity index (χ0) is 11.4. The monoisotopic (exact) mass is 344 g/mol. The average Bonchev–Trinajstić information content (AvgIpc) is 2.17. The van der Waals surface area contributed by atoms with Crippen molar-refractivity contribution in [3.63, 3.8) is 0 Å². The van der Waals surface area contributed by atoms with Crippen LogP contribution in [0.2, 0.25) is 0 Å². The molecule has 0 saturated heterocycles. The van der Waals surface area contributed by atoms with Crippen LogP contribution < -0.4 is 0 Å². The average molecular weight is 345 g/mol. The number of carbonyl (C=O) groups excluding carboxylic acids is 1. The summed E-state index contributed by atoms with van der Waals surface area (Å²) in [6.45, 7) is 0. The van der Waals surface area contributed by atoms with Crippen molar-refractivity contribution in [1.82, 2.24) is 0 Å². The molecule has 0 aliphatic rings. The van der Waals surface area contributed by atoms with E-state index in [4.69, 9.17) is 11.6 Å². The third kappa shape index (κ3) is 3.11. The van der Waals surface area contributed by atoms with Crippen molar-refractivity contribution in [1.29, 1.82) is 0 Å². The molecule has 0 fully saturated rings. The van der Waals surface area contributed by atoms with Crippen LogP contribution in [-0.2, 0) is 0 Å². The van der Waals surface area contributed by atoms with E-state index < -0.39 is 6.43 Å². The molecule has 0 heterocycles. The van der Waals surface area contributed by atoms with Gasteiger partial charge in [-0.15, -0.1) is 11.6 Å². The SMILES string of the molecule is O=C(CCCl)c1cccc(I)c1C(F)F. The molecule has 82 valence electrons. The zero-order valence-corrected chi connectivity index (χ0v) is 10.6. The van der Waals surface area contributed by atoms with Gasteiger partial charge in [0.1, 0.15) is 0 Å². The Labute approximate surface area is 105 Å². The lowest BCUT2D eigenvalue weighted by Crippen LogP contribution is -2.06. The van der Waals surface area contributed by atoms with Gasteiger partial charge in [-0.05, 0) is 28.7 Å². The van der Waals surface area contributed by atoms with Crippen LogP contribution in [0.1, 0.15) is 28.8 Å². The molecular formula is C10H8ClF2IO. The number of carbonyl (C=O) groups is 1. The molecule has 1 aromatic carbocycles. The number of alkyl halides is 3. The normalized spacial score (nSPS) is 10.7. The quantitative estimate of drug-likeness (QED) is 0.458. The molecule has 0 aliphatic heterocycles. The fraction of sp³-hybridized carbons (Fsp3) is 0.300. The molecule has 1 aromatic rings. The zero-order valence-electron chi connectivity index (χ0n) is 7.64. The van der Waals surface area contributed by atoms with Gasteiger partial charge >= 0.3 is 0 Å². The molecule has 0 bridgehead atoms. The molecule has 1 nitrogen and oxygen atoms in total. The second-order valence-electron chi connectivity index (χ2n) is 2.86. The highest BCUT2D eigenvalue weighted by Gasteiger charge is 2.20. The van der Waals surface area contributed by atoms with E-state index in [1.54, 1.807) is 34.7 Å². The molecule has 0 N–H and O–H groups in total. The predicted molar refractivity (Wildman–Crippen MR) is 63.8 cm³/mol. The molecule has 0 aromatic heterocycles. The molecule has 15 heavy (non-hydrogen) atoms. The van der Waals surface area contributed by atoms with Gasteiger partial charge in [-0.1, -0.05) is 12.1 Å². The van der Waals surface area contributed by atoms with E-state index in [0.717, 1.165) is 0 Å². The fourth-order valence-corrected chi connectivity index (χ4v) is 2.13. The number of rotatable bonds is 4. The van der Waals surface area contributed by atoms with Crippen LogP contribution in [-0.4, -0.2) is 11.7 Å². The summed E-state index contributed by atoms with van der Waals surface area (Å²) in [5.41, 5.74) is -0.106. The first-order valence-corrected chi connectivity index (χ1v) is 5.85. The Morgan fingerprint density at radius 3 is 2.67 bits per heavy atom. The topological polar surface area (TPSA) is 17.1 Å². The second kappa shape index (κ2) is 5.75. The van der Waals surface area contributed by atoms with Crippen LogP contribution in [0.3, 0.4) is 0 Å². The highest BCUT2D eigenvalue weighted by molar-refractivity contribution is 14.1. The standard InChI is InChI=1S/C10H8ClF2IO/c11-5-4-8(15)6-2-1-3-7(14)9(6)10(12)13/h1-3,10H,4-5H2. The summed E-state index contributed by atoms with van der Waals surface area (Å²) in [5.74, 6) is -0.189. The van der Waals surface area contributed by atoms with Gasteiger partial charge in [-0.25, -0.2) is 8.78 Å². The van der Waals surface area contributed by atoms with E-state index in [1.807, 2.05) is 0 Å². The maximum absolute atomic E-state index is 12.7. The van der Waals surface area contributed by atoms with Gasteiger partial charge in [-0.2, -0.15) is 0 Å².